The summed E-state index contributed by atoms with van der Waals surface area (Å²) in [6.07, 6.45) is -0.277. The molecule has 1 fully saturated rings. The fourth-order valence-electron chi connectivity index (χ4n) is 2.64. The largest absolute Gasteiger partial charge is 0.444 e. The van der Waals surface area contributed by atoms with E-state index >= 15 is 0 Å². The van der Waals surface area contributed by atoms with E-state index in [0.717, 1.165) is 5.96 Å². The standard InChI is InChI=1S/C15H27N5O3.HI/c1-5-16-12(21)9-18-13-17-8-11-10-19(6-7-20(11)13)14(22)23-15(2,3)4;/h11H,5-10H2,1-4H3,(H,16,21)(H,17,18);1H. The number of nitrogens with one attached hydrogen (secondary N) is 2. The molecule has 0 bridgehead atoms. The summed E-state index contributed by atoms with van der Waals surface area (Å²) >= 11 is 0. The van der Waals surface area contributed by atoms with Gasteiger partial charge in [-0.25, -0.2) is 4.79 Å². The van der Waals surface area contributed by atoms with Crippen molar-refractivity contribution in [2.45, 2.75) is 39.3 Å². The lowest BCUT2D eigenvalue weighted by molar-refractivity contribution is -0.119. The summed E-state index contributed by atoms with van der Waals surface area (Å²) in [4.78, 5) is 32.0. The minimum absolute atomic E-state index is 0. The molecule has 138 valence electrons. The summed E-state index contributed by atoms with van der Waals surface area (Å²) in [6.45, 7) is 10.8. The number of halogens is 1. The van der Waals surface area contributed by atoms with Crippen molar-refractivity contribution in [3.8, 4) is 0 Å². The average Bonchev–Trinajstić information content (AvgIpc) is 2.86. The van der Waals surface area contributed by atoms with Crippen LogP contribution in [0.25, 0.3) is 0 Å². The summed E-state index contributed by atoms with van der Waals surface area (Å²) in [6, 6.07) is 0.146. The molecule has 1 saturated heterocycles. The van der Waals surface area contributed by atoms with Gasteiger partial charge in [-0.1, -0.05) is 0 Å². The van der Waals surface area contributed by atoms with Gasteiger partial charge in [-0.05, 0) is 27.7 Å². The van der Waals surface area contributed by atoms with Crippen molar-refractivity contribution in [2.24, 2.45) is 4.99 Å². The van der Waals surface area contributed by atoms with Crippen LogP contribution in [0.3, 0.4) is 0 Å². The fraction of sp³-hybridized carbons (Fsp3) is 0.800. The second-order valence-electron chi connectivity index (χ2n) is 6.74. The van der Waals surface area contributed by atoms with Gasteiger partial charge in [-0.2, -0.15) is 0 Å². The Labute approximate surface area is 160 Å². The molecule has 2 aliphatic rings. The highest BCUT2D eigenvalue weighted by Crippen LogP contribution is 2.18. The minimum atomic E-state index is -0.486. The topological polar surface area (TPSA) is 86.3 Å². The van der Waals surface area contributed by atoms with Crippen molar-refractivity contribution in [1.82, 2.24) is 20.4 Å². The van der Waals surface area contributed by atoms with Crippen LogP contribution in [0.15, 0.2) is 4.99 Å². The predicted molar refractivity (Wildman–Crippen MR) is 103 cm³/mol. The van der Waals surface area contributed by atoms with Crippen LogP contribution in [-0.2, 0) is 9.53 Å². The molecule has 24 heavy (non-hydrogen) atoms. The van der Waals surface area contributed by atoms with Gasteiger partial charge in [0.1, 0.15) is 5.60 Å². The van der Waals surface area contributed by atoms with Gasteiger partial charge < -0.3 is 25.2 Å². The molecule has 2 aliphatic heterocycles. The molecule has 0 aromatic carbocycles. The van der Waals surface area contributed by atoms with E-state index < -0.39 is 5.60 Å². The van der Waals surface area contributed by atoms with E-state index in [2.05, 4.69) is 20.5 Å². The lowest BCUT2D eigenvalue weighted by atomic mass is 10.2. The lowest BCUT2D eigenvalue weighted by Crippen LogP contribution is -2.58. The van der Waals surface area contributed by atoms with Crippen LogP contribution < -0.4 is 10.6 Å². The number of piperazine rings is 1. The summed E-state index contributed by atoms with van der Waals surface area (Å²) in [5, 5.41) is 5.82. The maximum Gasteiger partial charge on any atom is 0.410 e. The summed E-state index contributed by atoms with van der Waals surface area (Å²) in [7, 11) is 0. The Balaban J connectivity index is 0.00000288. The highest BCUT2D eigenvalue weighted by molar-refractivity contribution is 14.0. The number of guanidine groups is 1. The number of amides is 2. The molecule has 2 rings (SSSR count). The average molecular weight is 453 g/mol. The van der Waals surface area contributed by atoms with Crippen LogP contribution >= 0.6 is 24.0 Å². The Morgan fingerprint density at radius 1 is 1.33 bits per heavy atom. The van der Waals surface area contributed by atoms with E-state index in [1.807, 2.05) is 27.7 Å². The highest BCUT2D eigenvalue weighted by atomic mass is 127. The smallest absolute Gasteiger partial charge is 0.410 e. The third-order valence-electron chi connectivity index (χ3n) is 3.64. The maximum absolute atomic E-state index is 12.1. The van der Waals surface area contributed by atoms with Crippen molar-refractivity contribution in [2.75, 3.05) is 39.3 Å². The van der Waals surface area contributed by atoms with E-state index in [-0.39, 0.29) is 48.6 Å². The molecule has 8 nitrogen and oxygen atoms in total. The Morgan fingerprint density at radius 3 is 2.67 bits per heavy atom. The van der Waals surface area contributed by atoms with E-state index in [1.165, 1.54) is 0 Å². The number of rotatable bonds is 3. The Morgan fingerprint density at radius 2 is 2.04 bits per heavy atom. The first kappa shape index (κ1) is 20.8. The number of hydrogen-bond acceptors (Lipinski definition) is 6. The van der Waals surface area contributed by atoms with Crippen molar-refractivity contribution in [1.29, 1.82) is 0 Å². The first-order valence-corrected chi connectivity index (χ1v) is 8.09. The molecule has 1 unspecified atom stereocenters. The molecular weight excluding hydrogens is 425 g/mol. The van der Waals surface area contributed by atoms with E-state index in [9.17, 15) is 9.59 Å². The van der Waals surface area contributed by atoms with Crippen molar-refractivity contribution >= 4 is 41.9 Å². The normalized spacial score (nSPS) is 19.8. The molecule has 0 aromatic heterocycles. The van der Waals surface area contributed by atoms with Gasteiger partial charge in [0.25, 0.3) is 0 Å². The van der Waals surface area contributed by atoms with E-state index in [1.54, 1.807) is 4.90 Å². The molecule has 0 radical (unpaired) electrons. The molecule has 9 heteroatoms. The molecule has 2 heterocycles. The molecular formula is C15H28IN5O3. The summed E-state index contributed by atoms with van der Waals surface area (Å²) in [5.41, 5.74) is -0.486. The van der Waals surface area contributed by atoms with E-state index in [4.69, 9.17) is 4.74 Å². The van der Waals surface area contributed by atoms with E-state index in [0.29, 0.717) is 32.7 Å². The predicted octanol–water partition coefficient (Wildman–Crippen LogP) is 0.621. The number of ether oxygens (including phenoxy) is 1. The van der Waals surface area contributed by atoms with Crippen LogP contribution in [0.1, 0.15) is 27.7 Å². The molecule has 2 N–H and O–H groups in total. The number of hydrogen-bond donors (Lipinski definition) is 2. The molecule has 2 amide bonds. The van der Waals surface area contributed by atoms with Gasteiger partial charge in [0.15, 0.2) is 5.96 Å². The first-order chi connectivity index (χ1) is 10.8. The van der Waals surface area contributed by atoms with Crippen molar-refractivity contribution < 1.29 is 14.3 Å². The van der Waals surface area contributed by atoms with Crippen LogP contribution in [-0.4, -0.2) is 78.7 Å². The van der Waals surface area contributed by atoms with Crippen molar-refractivity contribution in [3.63, 3.8) is 0 Å². The van der Waals surface area contributed by atoms with Crippen LogP contribution in [0.4, 0.5) is 4.79 Å². The SMILES string of the molecule is CCNC(=O)CNC1=NCC2CN(C(=O)OC(C)(C)C)CCN12.I. The second-order valence-corrected chi connectivity index (χ2v) is 6.74. The van der Waals surface area contributed by atoms with Gasteiger partial charge in [0.2, 0.25) is 5.91 Å². The molecule has 0 aromatic rings. The number of carbonyl (C=O) groups excluding carboxylic acids is 2. The zero-order valence-corrected chi connectivity index (χ0v) is 17.1. The Hall–Kier alpha value is -1.26. The van der Waals surface area contributed by atoms with Crippen LogP contribution in [0.2, 0.25) is 0 Å². The number of likely N-dealkylation sites (N-methyl/N-ethyl adjacent to an activating group) is 1. The lowest BCUT2D eigenvalue weighted by Gasteiger charge is -2.39. The Kier molecular flexibility index (Phi) is 7.56. The first-order valence-electron chi connectivity index (χ1n) is 8.09. The molecule has 0 saturated carbocycles. The van der Waals surface area contributed by atoms with Gasteiger partial charge >= 0.3 is 6.09 Å². The van der Waals surface area contributed by atoms with Crippen molar-refractivity contribution in [3.05, 3.63) is 0 Å². The highest BCUT2D eigenvalue weighted by Gasteiger charge is 2.36. The zero-order chi connectivity index (χ0) is 17.0. The zero-order valence-electron chi connectivity index (χ0n) is 14.8. The number of fused-ring (bicyclic) bond motifs is 1. The van der Waals surface area contributed by atoms with Crippen LogP contribution in [0, 0.1) is 0 Å². The summed E-state index contributed by atoms with van der Waals surface area (Å²) in [5.74, 6) is 0.691. The molecule has 1 atom stereocenters. The van der Waals surface area contributed by atoms with Gasteiger partial charge in [0, 0.05) is 26.2 Å². The third-order valence-corrected chi connectivity index (χ3v) is 3.64. The number of nitrogens with zero attached hydrogens (tertiary/aromatic N) is 3. The minimum Gasteiger partial charge on any atom is -0.444 e. The molecule has 0 aliphatic carbocycles. The fourth-order valence-corrected chi connectivity index (χ4v) is 2.64. The molecule has 0 spiro atoms. The summed E-state index contributed by atoms with van der Waals surface area (Å²) < 4.78 is 5.42. The number of aliphatic imine (C=N–C) groups is 1. The quantitative estimate of drug-likeness (QED) is 0.613. The van der Waals surface area contributed by atoms with Gasteiger partial charge in [0.05, 0.1) is 19.1 Å². The second kappa shape index (κ2) is 8.72. The van der Waals surface area contributed by atoms with Crippen LogP contribution in [0.5, 0.6) is 0 Å². The van der Waals surface area contributed by atoms with Gasteiger partial charge in [-0.15, -0.1) is 24.0 Å². The Bertz CT molecular complexity index is 492. The number of carbonyl (C=O) groups is 2. The maximum atomic E-state index is 12.1. The van der Waals surface area contributed by atoms with Gasteiger partial charge in [-0.3, -0.25) is 9.79 Å². The third kappa shape index (κ3) is 5.67. The monoisotopic (exact) mass is 453 g/mol.